The molecule has 0 aliphatic heterocycles. The molecule has 6 heteroatoms. The van der Waals surface area contributed by atoms with Gasteiger partial charge in [0.2, 0.25) is 0 Å². The molecule has 0 aromatic rings. The Morgan fingerprint density at radius 2 is 0.456 bits per heavy atom. The highest BCUT2D eigenvalue weighted by Gasteiger charge is 2.19. The first-order valence-corrected chi connectivity index (χ1v) is 35.1. The number of ether oxygens (including phenoxy) is 3. The maximum Gasteiger partial charge on any atom is 0.306 e. The maximum absolute atomic E-state index is 12.9. The first-order valence-electron chi connectivity index (χ1n) is 35.1. The predicted molar refractivity (Wildman–Crippen MR) is 344 cm³/mol. The number of esters is 3. The van der Waals surface area contributed by atoms with Gasteiger partial charge in [-0.25, -0.2) is 0 Å². The third-order valence-corrected chi connectivity index (χ3v) is 15.8. The van der Waals surface area contributed by atoms with Gasteiger partial charge in [0.15, 0.2) is 6.10 Å². The molecular formula is C73H134O6. The molecule has 0 heterocycles. The maximum atomic E-state index is 12.9. The molecule has 1 atom stereocenters. The highest BCUT2D eigenvalue weighted by molar-refractivity contribution is 5.71. The van der Waals surface area contributed by atoms with Crippen molar-refractivity contribution in [3.05, 3.63) is 48.6 Å². The summed E-state index contributed by atoms with van der Waals surface area (Å²) in [6.07, 6.45) is 85.7. The summed E-state index contributed by atoms with van der Waals surface area (Å²) in [7, 11) is 0. The molecular weight excluding hydrogens is 973 g/mol. The fourth-order valence-electron chi connectivity index (χ4n) is 10.5. The van der Waals surface area contributed by atoms with Gasteiger partial charge in [-0.15, -0.1) is 0 Å². The average Bonchev–Trinajstić information content (AvgIpc) is 3.45. The van der Waals surface area contributed by atoms with Crippen LogP contribution in [0.4, 0.5) is 0 Å². The zero-order valence-corrected chi connectivity index (χ0v) is 53.2. The number of rotatable bonds is 65. The normalized spacial score (nSPS) is 12.3. The fourth-order valence-corrected chi connectivity index (χ4v) is 10.5. The zero-order valence-electron chi connectivity index (χ0n) is 53.2. The second kappa shape index (κ2) is 67.9. The summed E-state index contributed by atoms with van der Waals surface area (Å²) in [5.41, 5.74) is 0. The van der Waals surface area contributed by atoms with Crippen LogP contribution in [0.15, 0.2) is 48.6 Å². The lowest BCUT2D eigenvalue weighted by Gasteiger charge is -2.18. The molecule has 0 aliphatic rings. The van der Waals surface area contributed by atoms with E-state index in [9.17, 15) is 14.4 Å². The van der Waals surface area contributed by atoms with Crippen LogP contribution in [-0.2, 0) is 28.6 Å². The molecule has 0 spiro atoms. The first kappa shape index (κ1) is 76.4. The Morgan fingerprint density at radius 3 is 0.709 bits per heavy atom. The van der Waals surface area contributed by atoms with Gasteiger partial charge in [0, 0.05) is 19.3 Å². The highest BCUT2D eigenvalue weighted by Crippen LogP contribution is 2.18. The van der Waals surface area contributed by atoms with Gasteiger partial charge in [0.25, 0.3) is 0 Å². The van der Waals surface area contributed by atoms with Crippen molar-refractivity contribution in [3.8, 4) is 0 Å². The predicted octanol–water partition coefficient (Wildman–Crippen LogP) is 24.1. The van der Waals surface area contributed by atoms with Crippen molar-refractivity contribution in [2.45, 2.75) is 386 Å². The Morgan fingerprint density at radius 1 is 0.253 bits per heavy atom. The molecule has 0 aliphatic carbocycles. The summed E-state index contributed by atoms with van der Waals surface area (Å²) in [6.45, 7) is 6.66. The molecule has 0 amide bonds. The second-order valence-corrected chi connectivity index (χ2v) is 23.8. The van der Waals surface area contributed by atoms with Crippen molar-refractivity contribution in [2.75, 3.05) is 13.2 Å². The number of unbranched alkanes of at least 4 members (excludes halogenated alkanes) is 46. The molecule has 1 unspecified atom stereocenters. The van der Waals surface area contributed by atoms with Gasteiger partial charge < -0.3 is 14.2 Å². The van der Waals surface area contributed by atoms with Crippen LogP contribution in [0, 0.1) is 0 Å². The van der Waals surface area contributed by atoms with Crippen LogP contribution in [0.3, 0.4) is 0 Å². The largest absolute Gasteiger partial charge is 0.462 e. The Balaban J connectivity index is 4.17. The lowest BCUT2D eigenvalue weighted by atomic mass is 10.0. The summed E-state index contributed by atoms with van der Waals surface area (Å²) < 4.78 is 17.0. The van der Waals surface area contributed by atoms with Crippen LogP contribution in [0.5, 0.6) is 0 Å². The van der Waals surface area contributed by atoms with E-state index in [2.05, 4.69) is 69.4 Å². The molecule has 462 valence electrons. The Bertz CT molecular complexity index is 1360. The zero-order chi connectivity index (χ0) is 57.1. The number of hydrogen-bond donors (Lipinski definition) is 0. The molecule has 0 N–H and O–H groups in total. The summed E-state index contributed by atoms with van der Waals surface area (Å²) in [5.74, 6) is -0.869. The lowest BCUT2D eigenvalue weighted by Crippen LogP contribution is -2.30. The summed E-state index contributed by atoms with van der Waals surface area (Å²) in [5, 5.41) is 0. The van der Waals surface area contributed by atoms with Crippen molar-refractivity contribution in [2.24, 2.45) is 0 Å². The van der Waals surface area contributed by atoms with E-state index >= 15 is 0 Å². The van der Waals surface area contributed by atoms with Gasteiger partial charge in [-0.3, -0.25) is 14.4 Å². The van der Waals surface area contributed by atoms with E-state index in [1.54, 1.807) is 0 Å². The smallest absolute Gasteiger partial charge is 0.306 e. The van der Waals surface area contributed by atoms with Crippen molar-refractivity contribution in [1.29, 1.82) is 0 Å². The number of allylic oxidation sites excluding steroid dienone is 8. The second-order valence-electron chi connectivity index (χ2n) is 23.8. The van der Waals surface area contributed by atoms with Crippen molar-refractivity contribution < 1.29 is 28.6 Å². The van der Waals surface area contributed by atoms with Gasteiger partial charge in [-0.05, 0) is 103 Å². The summed E-state index contributed by atoms with van der Waals surface area (Å²) in [6, 6.07) is 0. The third-order valence-electron chi connectivity index (χ3n) is 15.8. The Hall–Kier alpha value is -2.63. The Labute approximate surface area is 492 Å². The molecule has 0 radical (unpaired) electrons. The van der Waals surface area contributed by atoms with Crippen molar-refractivity contribution in [1.82, 2.24) is 0 Å². The van der Waals surface area contributed by atoms with Crippen molar-refractivity contribution in [3.63, 3.8) is 0 Å². The summed E-state index contributed by atoms with van der Waals surface area (Å²) >= 11 is 0. The lowest BCUT2D eigenvalue weighted by molar-refractivity contribution is -0.167. The summed E-state index contributed by atoms with van der Waals surface area (Å²) in [4.78, 5) is 38.4. The van der Waals surface area contributed by atoms with Gasteiger partial charge in [-0.1, -0.05) is 307 Å². The molecule has 0 saturated heterocycles. The van der Waals surface area contributed by atoms with E-state index in [4.69, 9.17) is 14.2 Å². The van der Waals surface area contributed by atoms with E-state index in [1.165, 1.54) is 263 Å². The monoisotopic (exact) mass is 1110 g/mol. The van der Waals surface area contributed by atoms with E-state index in [0.29, 0.717) is 19.3 Å². The molecule has 0 aromatic carbocycles. The number of carbonyl (C=O) groups excluding carboxylic acids is 3. The molecule has 0 aromatic heterocycles. The first-order chi connectivity index (χ1) is 39.0. The van der Waals surface area contributed by atoms with Gasteiger partial charge in [0.05, 0.1) is 0 Å². The molecule has 0 fully saturated rings. The van der Waals surface area contributed by atoms with Crippen LogP contribution in [0.2, 0.25) is 0 Å². The van der Waals surface area contributed by atoms with E-state index in [0.717, 1.165) is 77.0 Å². The quantitative estimate of drug-likeness (QED) is 0.0261. The average molecular weight is 1110 g/mol. The van der Waals surface area contributed by atoms with E-state index in [1.807, 2.05) is 0 Å². The topological polar surface area (TPSA) is 78.9 Å². The number of hydrogen-bond acceptors (Lipinski definition) is 6. The highest BCUT2D eigenvalue weighted by atomic mass is 16.6. The number of carbonyl (C=O) groups is 3. The molecule has 79 heavy (non-hydrogen) atoms. The SMILES string of the molecule is CCCCCCC/C=C\C/C=C\CCCCCCCCCCCCCCCCCCCCCC(=O)OCC(COC(=O)CCCCCCC/C=C\CCCCCCC)OC(=O)CCCCCCC/C=C\CCCCCCCCC. The fraction of sp³-hybridized carbons (Fsp3) is 0.849. The molecule has 6 nitrogen and oxygen atoms in total. The van der Waals surface area contributed by atoms with Crippen LogP contribution < -0.4 is 0 Å². The van der Waals surface area contributed by atoms with Crippen molar-refractivity contribution >= 4 is 17.9 Å². The van der Waals surface area contributed by atoms with Gasteiger partial charge in [0.1, 0.15) is 13.2 Å². The molecule has 0 bridgehead atoms. The van der Waals surface area contributed by atoms with Crippen LogP contribution in [0.1, 0.15) is 380 Å². The van der Waals surface area contributed by atoms with Crippen LogP contribution in [-0.4, -0.2) is 37.2 Å². The van der Waals surface area contributed by atoms with E-state index in [-0.39, 0.29) is 31.1 Å². The van der Waals surface area contributed by atoms with E-state index < -0.39 is 6.10 Å². The third kappa shape index (κ3) is 66.1. The minimum absolute atomic E-state index is 0.0750. The van der Waals surface area contributed by atoms with Crippen LogP contribution in [0.25, 0.3) is 0 Å². The Kier molecular flexibility index (Phi) is 65.6. The minimum Gasteiger partial charge on any atom is -0.462 e. The molecule has 0 rings (SSSR count). The minimum atomic E-state index is -0.779. The van der Waals surface area contributed by atoms with Gasteiger partial charge >= 0.3 is 17.9 Å². The standard InChI is InChI=1S/C73H134O6/c1-4-7-10-13-16-19-22-25-28-30-31-32-33-34-35-36-37-38-39-40-41-42-43-44-46-48-51-54-57-60-63-66-72(75)78-69-70(68-77-71(74)65-62-59-56-53-50-47-27-24-21-18-15-12-9-6-3)79-73(76)67-64-61-58-55-52-49-45-29-26-23-20-17-14-11-8-5-2/h22,24-25,27,29-31,45,70H,4-21,23,26,28,32-44,46-69H2,1-3H3/b25-22-,27-24-,31-30-,45-29-. The van der Waals surface area contributed by atoms with Gasteiger partial charge in [-0.2, -0.15) is 0 Å². The van der Waals surface area contributed by atoms with Crippen LogP contribution >= 0.6 is 0 Å². The molecule has 0 saturated carbocycles.